The van der Waals surface area contributed by atoms with Crippen LogP contribution in [-0.2, 0) is 11.3 Å². The zero-order valence-corrected chi connectivity index (χ0v) is 14.7. The van der Waals surface area contributed by atoms with E-state index in [0.29, 0.717) is 6.10 Å². The van der Waals surface area contributed by atoms with Crippen LogP contribution in [0.3, 0.4) is 0 Å². The summed E-state index contributed by atoms with van der Waals surface area (Å²) in [5.41, 5.74) is 1.05. The van der Waals surface area contributed by atoms with Crippen LogP contribution >= 0.6 is 0 Å². The van der Waals surface area contributed by atoms with Gasteiger partial charge in [-0.05, 0) is 25.7 Å². The van der Waals surface area contributed by atoms with E-state index >= 15 is 0 Å². The molecule has 2 atom stereocenters. The van der Waals surface area contributed by atoms with Crippen LogP contribution < -0.4 is 0 Å². The van der Waals surface area contributed by atoms with Gasteiger partial charge in [-0.25, -0.2) is 0 Å². The molecule has 1 saturated heterocycles. The Morgan fingerprint density at radius 3 is 2.61 bits per heavy atom. The highest BCUT2D eigenvalue weighted by atomic mass is 16.5. The maximum atomic E-state index is 6.15. The SMILES string of the molecule is Cc1cc(CN2CCN(CCO[C@H]3CCCC[C@H]3C)CC2)no1. The number of aromatic nitrogens is 1. The van der Waals surface area contributed by atoms with Crippen molar-refractivity contribution in [1.29, 1.82) is 0 Å². The second kappa shape index (κ2) is 8.27. The van der Waals surface area contributed by atoms with E-state index < -0.39 is 0 Å². The van der Waals surface area contributed by atoms with Gasteiger partial charge < -0.3 is 9.26 Å². The molecular weight excluding hydrogens is 290 g/mol. The Hall–Kier alpha value is -0.910. The fourth-order valence-corrected chi connectivity index (χ4v) is 3.76. The average molecular weight is 321 g/mol. The molecule has 130 valence electrons. The molecule has 1 aliphatic heterocycles. The molecule has 1 aliphatic carbocycles. The van der Waals surface area contributed by atoms with Crippen LogP contribution in [0.15, 0.2) is 10.6 Å². The van der Waals surface area contributed by atoms with Crippen LogP contribution in [0.5, 0.6) is 0 Å². The molecule has 5 heteroatoms. The normalized spacial score (nSPS) is 27.4. The number of ether oxygens (including phenoxy) is 1. The predicted molar refractivity (Wildman–Crippen MR) is 90.3 cm³/mol. The lowest BCUT2D eigenvalue weighted by Crippen LogP contribution is -2.47. The molecule has 2 aliphatic rings. The predicted octanol–water partition coefficient (Wildman–Crippen LogP) is 2.70. The van der Waals surface area contributed by atoms with Crippen LogP contribution in [0, 0.1) is 12.8 Å². The summed E-state index contributed by atoms with van der Waals surface area (Å²) >= 11 is 0. The monoisotopic (exact) mass is 321 g/mol. The fourth-order valence-electron chi connectivity index (χ4n) is 3.76. The van der Waals surface area contributed by atoms with Gasteiger partial charge in [0.25, 0.3) is 0 Å². The van der Waals surface area contributed by atoms with Crippen molar-refractivity contribution in [1.82, 2.24) is 15.0 Å². The molecule has 0 radical (unpaired) electrons. The highest BCUT2D eigenvalue weighted by molar-refractivity contribution is 5.03. The summed E-state index contributed by atoms with van der Waals surface area (Å²) in [7, 11) is 0. The molecular formula is C18H31N3O2. The highest BCUT2D eigenvalue weighted by Crippen LogP contribution is 2.26. The second-order valence-corrected chi connectivity index (χ2v) is 7.22. The second-order valence-electron chi connectivity index (χ2n) is 7.22. The number of rotatable bonds is 6. The number of piperazine rings is 1. The molecule has 2 fully saturated rings. The summed E-state index contributed by atoms with van der Waals surface area (Å²) in [6.45, 7) is 11.6. The van der Waals surface area contributed by atoms with Gasteiger partial charge >= 0.3 is 0 Å². The molecule has 0 aromatic carbocycles. The Labute approximate surface area is 139 Å². The van der Waals surface area contributed by atoms with Crippen LogP contribution in [0.4, 0.5) is 0 Å². The topological polar surface area (TPSA) is 41.7 Å². The largest absolute Gasteiger partial charge is 0.377 e. The summed E-state index contributed by atoms with van der Waals surface area (Å²) in [5.74, 6) is 1.64. The van der Waals surface area contributed by atoms with Crippen molar-refractivity contribution in [3.8, 4) is 0 Å². The molecule has 0 bridgehead atoms. The number of aryl methyl sites for hydroxylation is 1. The summed E-state index contributed by atoms with van der Waals surface area (Å²) in [6, 6.07) is 2.03. The molecule has 0 unspecified atom stereocenters. The van der Waals surface area contributed by atoms with Gasteiger partial charge in [-0.1, -0.05) is 24.9 Å². The molecule has 0 spiro atoms. The zero-order valence-electron chi connectivity index (χ0n) is 14.7. The van der Waals surface area contributed by atoms with Crippen LogP contribution in [-0.4, -0.2) is 60.4 Å². The van der Waals surface area contributed by atoms with Crippen LogP contribution in [0.2, 0.25) is 0 Å². The van der Waals surface area contributed by atoms with E-state index in [9.17, 15) is 0 Å². The van der Waals surface area contributed by atoms with E-state index in [4.69, 9.17) is 9.26 Å². The van der Waals surface area contributed by atoms with Crippen molar-refractivity contribution in [2.24, 2.45) is 5.92 Å². The van der Waals surface area contributed by atoms with Gasteiger partial charge in [0.15, 0.2) is 0 Å². The van der Waals surface area contributed by atoms with E-state index in [1.807, 2.05) is 13.0 Å². The van der Waals surface area contributed by atoms with E-state index in [1.54, 1.807) is 0 Å². The van der Waals surface area contributed by atoms with Crippen molar-refractivity contribution in [3.63, 3.8) is 0 Å². The first-order chi connectivity index (χ1) is 11.2. The van der Waals surface area contributed by atoms with Crippen LogP contribution in [0.1, 0.15) is 44.1 Å². The molecule has 1 aromatic heterocycles. The van der Waals surface area contributed by atoms with Crippen molar-refractivity contribution >= 4 is 0 Å². The van der Waals surface area contributed by atoms with Gasteiger partial charge in [-0.2, -0.15) is 0 Å². The minimum absolute atomic E-state index is 0.500. The lowest BCUT2D eigenvalue weighted by Gasteiger charge is -2.35. The fraction of sp³-hybridized carbons (Fsp3) is 0.833. The molecule has 1 saturated carbocycles. The molecule has 3 rings (SSSR count). The van der Waals surface area contributed by atoms with Crippen molar-refractivity contribution in [3.05, 3.63) is 17.5 Å². The van der Waals surface area contributed by atoms with E-state index in [1.165, 1.54) is 25.7 Å². The number of hydrogen-bond acceptors (Lipinski definition) is 5. The lowest BCUT2D eigenvalue weighted by molar-refractivity contribution is -0.0182. The molecule has 2 heterocycles. The first-order valence-corrected chi connectivity index (χ1v) is 9.19. The third-order valence-electron chi connectivity index (χ3n) is 5.30. The van der Waals surface area contributed by atoms with Gasteiger partial charge in [-0.15, -0.1) is 0 Å². The number of hydrogen-bond donors (Lipinski definition) is 0. The Morgan fingerprint density at radius 2 is 1.91 bits per heavy atom. The minimum Gasteiger partial charge on any atom is -0.377 e. The van der Waals surface area contributed by atoms with Gasteiger partial charge in [0, 0.05) is 45.3 Å². The summed E-state index contributed by atoms with van der Waals surface area (Å²) in [5, 5.41) is 4.09. The maximum Gasteiger partial charge on any atom is 0.133 e. The zero-order chi connectivity index (χ0) is 16.1. The molecule has 0 N–H and O–H groups in total. The van der Waals surface area contributed by atoms with Crippen molar-refractivity contribution in [2.75, 3.05) is 39.3 Å². The van der Waals surface area contributed by atoms with Gasteiger partial charge in [0.2, 0.25) is 0 Å². The first kappa shape index (κ1) is 16.9. The van der Waals surface area contributed by atoms with Crippen molar-refractivity contribution < 1.29 is 9.26 Å². The van der Waals surface area contributed by atoms with Gasteiger partial charge in [0.1, 0.15) is 5.76 Å². The lowest BCUT2D eigenvalue weighted by atomic mass is 9.88. The smallest absolute Gasteiger partial charge is 0.133 e. The quantitative estimate of drug-likeness (QED) is 0.806. The maximum absolute atomic E-state index is 6.15. The number of nitrogens with zero attached hydrogens (tertiary/aromatic N) is 3. The molecule has 5 nitrogen and oxygen atoms in total. The van der Waals surface area contributed by atoms with Gasteiger partial charge in [0.05, 0.1) is 18.4 Å². The Kier molecular flexibility index (Phi) is 6.08. The minimum atomic E-state index is 0.500. The summed E-state index contributed by atoms with van der Waals surface area (Å²) in [4.78, 5) is 4.98. The average Bonchev–Trinajstić information content (AvgIpc) is 2.96. The molecule has 1 aromatic rings. The van der Waals surface area contributed by atoms with E-state index in [-0.39, 0.29) is 0 Å². The third kappa shape index (κ3) is 5.03. The third-order valence-corrected chi connectivity index (χ3v) is 5.30. The standard InChI is InChI=1S/C18H31N3O2/c1-15-5-3-4-6-18(15)22-12-11-20-7-9-21(10-8-20)14-17-13-16(2)23-19-17/h13,15,18H,3-12,14H2,1-2H3/t15-,18+/m1/s1. The van der Waals surface area contributed by atoms with E-state index in [2.05, 4.69) is 21.9 Å². The van der Waals surface area contributed by atoms with E-state index in [0.717, 1.165) is 63.2 Å². The van der Waals surface area contributed by atoms with Gasteiger partial charge in [-0.3, -0.25) is 9.80 Å². The molecule has 0 amide bonds. The van der Waals surface area contributed by atoms with Crippen molar-refractivity contribution in [2.45, 2.75) is 52.2 Å². The Balaban J connectivity index is 1.31. The summed E-state index contributed by atoms with van der Waals surface area (Å²) < 4.78 is 11.3. The Morgan fingerprint density at radius 1 is 1.17 bits per heavy atom. The van der Waals surface area contributed by atoms with Crippen LogP contribution in [0.25, 0.3) is 0 Å². The first-order valence-electron chi connectivity index (χ1n) is 9.19. The summed E-state index contributed by atoms with van der Waals surface area (Å²) in [6.07, 6.45) is 5.82. The molecule has 23 heavy (non-hydrogen) atoms. The highest BCUT2D eigenvalue weighted by Gasteiger charge is 2.22. The Bertz CT molecular complexity index is 469.